The van der Waals surface area contributed by atoms with Crippen molar-refractivity contribution < 1.29 is 5.11 Å². The smallest absolute Gasteiger partial charge is 0.278 e. The van der Waals surface area contributed by atoms with Gasteiger partial charge in [0.15, 0.2) is 0 Å². The van der Waals surface area contributed by atoms with E-state index in [1.54, 1.807) is 9.36 Å². The first kappa shape index (κ1) is 14.8. The van der Waals surface area contributed by atoms with Crippen LogP contribution < -0.4 is 5.56 Å². The molecule has 1 aliphatic rings. The Kier molecular flexibility index (Phi) is 3.53. The molecule has 0 aliphatic carbocycles. The number of fused-ring (bicyclic) bond motifs is 1. The fraction of sp³-hybridized carbons (Fsp3) is 0.250. The van der Waals surface area contributed by atoms with Crippen LogP contribution in [0.25, 0.3) is 22.3 Å². The molecule has 2 aromatic carbocycles. The van der Waals surface area contributed by atoms with Gasteiger partial charge in [-0.25, -0.2) is 4.68 Å². The van der Waals surface area contributed by atoms with Crippen molar-refractivity contribution in [2.75, 3.05) is 0 Å². The molecule has 4 nitrogen and oxygen atoms in total. The van der Waals surface area contributed by atoms with Crippen molar-refractivity contribution in [3.63, 3.8) is 0 Å². The van der Waals surface area contributed by atoms with Gasteiger partial charge in [-0.2, -0.15) is 0 Å². The average molecular weight is 320 g/mol. The Morgan fingerprint density at radius 2 is 1.62 bits per heavy atom. The summed E-state index contributed by atoms with van der Waals surface area (Å²) >= 11 is 0. The molecule has 2 heterocycles. The molecule has 122 valence electrons. The first-order valence-electron chi connectivity index (χ1n) is 8.36. The molecule has 0 spiro atoms. The largest absolute Gasteiger partial charge is 0.493 e. The van der Waals surface area contributed by atoms with Crippen LogP contribution in [0.3, 0.4) is 0 Å². The molecule has 1 aliphatic heterocycles. The lowest BCUT2D eigenvalue weighted by Gasteiger charge is -2.16. The van der Waals surface area contributed by atoms with Crippen molar-refractivity contribution in [2.24, 2.45) is 0 Å². The maximum absolute atomic E-state index is 12.8. The highest BCUT2D eigenvalue weighted by atomic mass is 16.3. The van der Waals surface area contributed by atoms with E-state index in [9.17, 15) is 9.90 Å². The summed E-state index contributed by atoms with van der Waals surface area (Å²) in [7, 11) is 0. The van der Waals surface area contributed by atoms with Crippen molar-refractivity contribution in [2.45, 2.75) is 32.9 Å². The highest BCUT2D eigenvalue weighted by Gasteiger charge is 2.24. The molecule has 0 saturated heterocycles. The van der Waals surface area contributed by atoms with E-state index in [1.165, 1.54) is 0 Å². The average Bonchev–Trinajstić information content (AvgIpc) is 2.88. The van der Waals surface area contributed by atoms with Gasteiger partial charge >= 0.3 is 0 Å². The second-order valence-electron chi connectivity index (χ2n) is 6.35. The van der Waals surface area contributed by atoms with E-state index < -0.39 is 0 Å². The predicted molar refractivity (Wildman–Crippen MR) is 95.2 cm³/mol. The number of hydrogen-bond acceptors (Lipinski definition) is 2. The van der Waals surface area contributed by atoms with E-state index in [4.69, 9.17) is 0 Å². The van der Waals surface area contributed by atoms with E-state index in [0.29, 0.717) is 18.7 Å². The third-order valence-electron chi connectivity index (χ3n) is 4.81. The highest BCUT2D eigenvalue weighted by Crippen LogP contribution is 2.33. The molecule has 0 fully saturated rings. The van der Waals surface area contributed by atoms with Crippen LogP contribution in [0.2, 0.25) is 0 Å². The third-order valence-corrected chi connectivity index (χ3v) is 4.81. The van der Waals surface area contributed by atoms with Crippen molar-refractivity contribution >= 4 is 0 Å². The summed E-state index contributed by atoms with van der Waals surface area (Å²) in [5.41, 5.74) is 4.28. The van der Waals surface area contributed by atoms with Crippen molar-refractivity contribution in [3.8, 4) is 28.1 Å². The number of benzene rings is 2. The summed E-state index contributed by atoms with van der Waals surface area (Å²) in [5, 5.41) is 10.6. The zero-order valence-electron chi connectivity index (χ0n) is 13.7. The van der Waals surface area contributed by atoms with Crippen LogP contribution in [0.4, 0.5) is 0 Å². The lowest BCUT2D eigenvalue weighted by Crippen LogP contribution is -2.27. The fourth-order valence-electron chi connectivity index (χ4n) is 3.49. The molecule has 0 radical (unpaired) electrons. The zero-order chi connectivity index (χ0) is 16.7. The maximum Gasteiger partial charge on any atom is 0.278 e. The predicted octanol–water partition coefficient (Wildman–Crippen LogP) is 3.79. The van der Waals surface area contributed by atoms with E-state index in [2.05, 4.69) is 6.07 Å². The van der Waals surface area contributed by atoms with Crippen LogP contribution in [-0.4, -0.2) is 14.5 Å². The molecular weight excluding hydrogens is 300 g/mol. The summed E-state index contributed by atoms with van der Waals surface area (Å²) in [6.07, 6.45) is 1.97. The summed E-state index contributed by atoms with van der Waals surface area (Å²) in [6, 6.07) is 16.2. The van der Waals surface area contributed by atoms with Crippen LogP contribution in [0.5, 0.6) is 5.88 Å². The number of aromatic nitrogens is 2. The normalized spacial score (nSPS) is 13.7. The standard InChI is InChI=1S/C20H20N2O2/c1-14-9-10-16(15-7-3-2-4-8-15)13-17(14)18-19(23)21-11-5-6-12-22(21)20(18)24/h2-4,7-10,13,23H,5-6,11-12H2,1H3. The van der Waals surface area contributed by atoms with Crippen LogP contribution in [0.15, 0.2) is 53.3 Å². The number of rotatable bonds is 2. The van der Waals surface area contributed by atoms with Crippen molar-refractivity contribution in [1.29, 1.82) is 0 Å². The summed E-state index contributed by atoms with van der Waals surface area (Å²) in [5.74, 6) is 0.0908. The Bertz CT molecular complexity index is 952. The molecule has 0 bridgehead atoms. The van der Waals surface area contributed by atoms with Crippen LogP contribution in [0.1, 0.15) is 18.4 Å². The second-order valence-corrected chi connectivity index (χ2v) is 6.35. The maximum atomic E-state index is 12.8. The fourth-order valence-corrected chi connectivity index (χ4v) is 3.49. The molecular formula is C20H20N2O2. The van der Waals surface area contributed by atoms with E-state index in [0.717, 1.165) is 35.1 Å². The lowest BCUT2D eigenvalue weighted by molar-refractivity contribution is 0.305. The molecule has 0 saturated carbocycles. The van der Waals surface area contributed by atoms with Crippen LogP contribution >= 0.6 is 0 Å². The highest BCUT2D eigenvalue weighted by molar-refractivity contribution is 5.77. The monoisotopic (exact) mass is 320 g/mol. The van der Waals surface area contributed by atoms with Crippen molar-refractivity contribution in [1.82, 2.24) is 9.36 Å². The molecule has 4 heteroatoms. The number of aryl methyl sites for hydroxylation is 1. The molecule has 1 N–H and O–H groups in total. The lowest BCUT2D eigenvalue weighted by atomic mass is 9.96. The van der Waals surface area contributed by atoms with Gasteiger partial charge in [0.05, 0.1) is 0 Å². The molecule has 1 aromatic heterocycles. The van der Waals surface area contributed by atoms with E-state index in [-0.39, 0.29) is 11.4 Å². The van der Waals surface area contributed by atoms with Gasteiger partial charge in [0, 0.05) is 13.1 Å². The summed E-state index contributed by atoms with van der Waals surface area (Å²) in [6.45, 7) is 3.34. The minimum absolute atomic E-state index is 0.0908. The minimum atomic E-state index is -0.0967. The molecule has 0 atom stereocenters. The quantitative estimate of drug-likeness (QED) is 0.781. The van der Waals surface area contributed by atoms with Gasteiger partial charge in [0.25, 0.3) is 5.56 Å². The Hall–Kier alpha value is -2.75. The summed E-state index contributed by atoms with van der Waals surface area (Å²) in [4.78, 5) is 12.8. The van der Waals surface area contributed by atoms with Gasteiger partial charge in [-0.15, -0.1) is 0 Å². The molecule has 0 amide bonds. The first-order valence-corrected chi connectivity index (χ1v) is 8.36. The Balaban J connectivity index is 1.92. The van der Waals surface area contributed by atoms with Crippen LogP contribution in [-0.2, 0) is 13.1 Å². The number of nitrogens with zero attached hydrogens (tertiary/aromatic N) is 2. The summed E-state index contributed by atoms with van der Waals surface area (Å²) < 4.78 is 3.39. The van der Waals surface area contributed by atoms with Gasteiger partial charge < -0.3 is 5.11 Å². The van der Waals surface area contributed by atoms with E-state index >= 15 is 0 Å². The number of hydrogen-bond donors (Lipinski definition) is 1. The Morgan fingerprint density at radius 3 is 2.33 bits per heavy atom. The van der Waals surface area contributed by atoms with Gasteiger partial charge in [-0.1, -0.05) is 42.5 Å². The molecule has 0 unspecified atom stereocenters. The third kappa shape index (κ3) is 2.26. The first-order chi connectivity index (χ1) is 11.7. The van der Waals surface area contributed by atoms with Crippen LogP contribution in [0, 0.1) is 6.92 Å². The molecule has 24 heavy (non-hydrogen) atoms. The van der Waals surface area contributed by atoms with Crippen molar-refractivity contribution in [3.05, 3.63) is 64.4 Å². The minimum Gasteiger partial charge on any atom is -0.493 e. The van der Waals surface area contributed by atoms with Gasteiger partial charge in [-0.05, 0) is 48.1 Å². The SMILES string of the molecule is Cc1ccc(-c2ccccc2)cc1-c1c(O)n2n(c1=O)CCCC2. The van der Waals surface area contributed by atoms with Gasteiger partial charge in [0.1, 0.15) is 5.56 Å². The number of aromatic hydroxyl groups is 1. The second kappa shape index (κ2) is 5.71. The Morgan fingerprint density at radius 1 is 0.917 bits per heavy atom. The Labute approximate surface area is 140 Å². The van der Waals surface area contributed by atoms with Gasteiger partial charge in [0.2, 0.25) is 5.88 Å². The molecule has 3 aromatic rings. The van der Waals surface area contributed by atoms with E-state index in [1.807, 2.05) is 49.4 Å². The molecule has 4 rings (SSSR count). The topological polar surface area (TPSA) is 47.2 Å². The van der Waals surface area contributed by atoms with Gasteiger partial charge in [-0.3, -0.25) is 9.48 Å². The zero-order valence-corrected chi connectivity index (χ0v) is 13.7.